The van der Waals surface area contributed by atoms with Crippen LogP contribution in [0.5, 0.6) is 0 Å². The lowest BCUT2D eigenvalue weighted by Crippen LogP contribution is -2.36. The van der Waals surface area contributed by atoms with Crippen LogP contribution in [0.3, 0.4) is 0 Å². The topological polar surface area (TPSA) is 83.6 Å². The van der Waals surface area contributed by atoms with Gasteiger partial charge in [-0.2, -0.15) is 0 Å². The van der Waals surface area contributed by atoms with Crippen molar-refractivity contribution >= 4 is 56.0 Å². The summed E-state index contributed by atoms with van der Waals surface area (Å²) in [5.74, 6) is -0.513. The molecule has 1 saturated heterocycles. The van der Waals surface area contributed by atoms with Crippen LogP contribution < -0.4 is 5.32 Å². The zero-order valence-electron chi connectivity index (χ0n) is 15.5. The molecular weight excluding hydrogens is 428 g/mol. The van der Waals surface area contributed by atoms with E-state index in [4.69, 9.17) is 12.2 Å². The molecule has 1 atom stereocenters. The van der Waals surface area contributed by atoms with E-state index in [0.717, 1.165) is 11.0 Å². The Hall–Kier alpha value is -2.23. The van der Waals surface area contributed by atoms with Gasteiger partial charge in [-0.05, 0) is 24.1 Å². The van der Waals surface area contributed by atoms with Crippen molar-refractivity contribution in [3.8, 4) is 0 Å². The number of benzene rings is 1. The molecule has 2 amide bonds. The molecule has 0 radical (unpaired) electrons. The molecule has 0 aliphatic carbocycles. The van der Waals surface area contributed by atoms with Crippen LogP contribution in [-0.2, 0) is 19.4 Å². The van der Waals surface area contributed by atoms with E-state index in [0.29, 0.717) is 22.2 Å². The van der Waals surface area contributed by atoms with Gasteiger partial charge in [0, 0.05) is 18.4 Å². The first-order valence-electron chi connectivity index (χ1n) is 9.01. The van der Waals surface area contributed by atoms with E-state index in [2.05, 4.69) is 5.32 Å². The maximum Gasteiger partial charge on any atom is 0.266 e. The van der Waals surface area contributed by atoms with Crippen LogP contribution in [0.1, 0.15) is 18.4 Å². The number of amides is 2. The summed E-state index contributed by atoms with van der Waals surface area (Å²) >= 11 is 6.53. The molecule has 0 aromatic heterocycles. The molecule has 1 aromatic carbocycles. The molecule has 3 rings (SSSR count). The molecule has 0 spiro atoms. The number of allylic oxidation sites excluding steroid dienone is 2. The van der Waals surface area contributed by atoms with Crippen molar-refractivity contribution in [3.05, 3.63) is 64.4 Å². The Bertz CT molecular complexity index is 998. The third-order valence-corrected chi connectivity index (χ3v) is 7.06. The van der Waals surface area contributed by atoms with Gasteiger partial charge in [0.25, 0.3) is 5.91 Å². The zero-order valence-corrected chi connectivity index (χ0v) is 17.9. The fourth-order valence-electron chi connectivity index (χ4n) is 2.86. The molecular formula is C20H20N2O4S3. The summed E-state index contributed by atoms with van der Waals surface area (Å²) in [7, 11) is -3.20. The Morgan fingerprint density at radius 2 is 2.07 bits per heavy atom. The zero-order chi connectivity index (χ0) is 20.9. The number of thioether (sulfide) groups is 1. The van der Waals surface area contributed by atoms with Gasteiger partial charge in [0.1, 0.15) is 4.32 Å². The van der Waals surface area contributed by atoms with Crippen molar-refractivity contribution in [1.29, 1.82) is 0 Å². The summed E-state index contributed by atoms with van der Waals surface area (Å²) < 4.78 is 23.2. The number of carbonyl (C=O) groups excluding carboxylic acids is 2. The second kappa shape index (κ2) is 9.51. The van der Waals surface area contributed by atoms with E-state index in [1.54, 1.807) is 6.08 Å². The summed E-state index contributed by atoms with van der Waals surface area (Å²) in [6, 6.07) is 9.28. The van der Waals surface area contributed by atoms with E-state index < -0.39 is 15.9 Å². The Labute approximate surface area is 179 Å². The number of hydrogen-bond acceptors (Lipinski definition) is 6. The first-order chi connectivity index (χ1) is 13.8. The molecule has 2 heterocycles. The highest BCUT2D eigenvalue weighted by molar-refractivity contribution is 8.26. The fraction of sp³-hybridized carbons (Fsp3) is 0.250. The number of nitrogens with one attached hydrogen (secondary N) is 1. The molecule has 1 fully saturated rings. The van der Waals surface area contributed by atoms with Crippen LogP contribution in [0.2, 0.25) is 0 Å². The summed E-state index contributed by atoms with van der Waals surface area (Å²) in [6.07, 6.45) is 7.57. The van der Waals surface area contributed by atoms with Gasteiger partial charge >= 0.3 is 0 Å². The van der Waals surface area contributed by atoms with Gasteiger partial charge in [0.2, 0.25) is 5.91 Å². The lowest BCUT2D eigenvalue weighted by molar-refractivity contribution is -0.124. The third-order valence-electron chi connectivity index (χ3n) is 4.27. The molecule has 0 bridgehead atoms. The van der Waals surface area contributed by atoms with Gasteiger partial charge in [-0.3, -0.25) is 14.5 Å². The first kappa shape index (κ1) is 21.5. The average molecular weight is 449 g/mol. The molecule has 0 saturated carbocycles. The maximum atomic E-state index is 12.5. The quantitative estimate of drug-likeness (QED) is 0.510. The highest BCUT2D eigenvalue weighted by atomic mass is 32.2. The Balaban J connectivity index is 1.46. The highest BCUT2D eigenvalue weighted by Crippen LogP contribution is 2.31. The van der Waals surface area contributed by atoms with E-state index in [1.165, 1.54) is 22.7 Å². The van der Waals surface area contributed by atoms with Crippen molar-refractivity contribution in [3.63, 3.8) is 0 Å². The number of carbonyl (C=O) groups is 2. The van der Waals surface area contributed by atoms with Gasteiger partial charge < -0.3 is 5.32 Å². The van der Waals surface area contributed by atoms with Crippen LogP contribution in [0.4, 0.5) is 0 Å². The molecule has 0 unspecified atom stereocenters. The van der Waals surface area contributed by atoms with Gasteiger partial charge in [0.05, 0.1) is 16.7 Å². The predicted octanol–water partition coefficient (Wildman–Crippen LogP) is 2.65. The lowest BCUT2D eigenvalue weighted by Gasteiger charge is -2.15. The minimum absolute atomic E-state index is 0.102. The monoisotopic (exact) mass is 448 g/mol. The summed E-state index contributed by atoms with van der Waals surface area (Å²) in [5.41, 5.74) is 1.04. The van der Waals surface area contributed by atoms with E-state index in [1.807, 2.05) is 42.5 Å². The molecule has 2 aliphatic heterocycles. The van der Waals surface area contributed by atoms with Gasteiger partial charge in [-0.1, -0.05) is 66.5 Å². The molecule has 9 heteroatoms. The largest absolute Gasteiger partial charge is 0.349 e. The second-order valence-electron chi connectivity index (χ2n) is 6.56. The van der Waals surface area contributed by atoms with Crippen molar-refractivity contribution in [2.45, 2.75) is 18.9 Å². The van der Waals surface area contributed by atoms with Gasteiger partial charge in [0.15, 0.2) is 9.84 Å². The number of hydrogen-bond donors (Lipinski definition) is 1. The Morgan fingerprint density at radius 1 is 1.31 bits per heavy atom. The average Bonchev–Trinajstić information content (AvgIpc) is 3.15. The molecule has 6 nitrogen and oxygen atoms in total. The predicted molar refractivity (Wildman–Crippen MR) is 120 cm³/mol. The molecule has 1 N–H and O–H groups in total. The number of thiocarbonyl (C=S) groups is 1. The summed E-state index contributed by atoms with van der Waals surface area (Å²) in [4.78, 5) is 26.6. The van der Waals surface area contributed by atoms with E-state index >= 15 is 0 Å². The summed E-state index contributed by atoms with van der Waals surface area (Å²) in [5, 5.41) is 3.79. The van der Waals surface area contributed by atoms with E-state index in [-0.39, 0.29) is 24.0 Å². The molecule has 2 aliphatic rings. The first-order valence-corrected chi connectivity index (χ1v) is 12.0. The van der Waals surface area contributed by atoms with Crippen molar-refractivity contribution in [1.82, 2.24) is 10.2 Å². The van der Waals surface area contributed by atoms with Crippen molar-refractivity contribution < 1.29 is 18.0 Å². The van der Waals surface area contributed by atoms with Crippen LogP contribution in [0, 0.1) is 0 Å². The van der Waals surface area contributed by atoms with Crippen molar-refractivity contribution in [2.75, 3.05) is 12.3 Å². The summed E-state index contributed by atoms with van der Waals surface area (Å²) in [6.45, 7) is 0.344. The number of nitrogens with zero attached hydrogens (tertiary/aromatic N) is 1. The van der Waals surface area contributed by atoms with E-state index in [9.17, 15) is 18.0 Å². The molecule has 1 aromatic rings. The Kier molecular flexibility index (Phi) is 7.05. The van der Waals surface area contributed by atoms with Crippen LogP contribution in [0.15, 0.2) is 58.9 Å². The molecule has 152 valence electrons. The standard InChI is InChI=1S/C20H20N2O4S3/c23-18(21-16-11-13-29(25,26)14-16)10-5-12-22-19(24)17(28-20(22)27)9-4-8-15-6-2-1-3-7-15/h1-4,6-9,11,13,16H,5,10,12,14H2,(H,21,23)/b8-4+,17-9-/t16-/m1/s1. The Morgan fingerprint density at radius 3 is 2.76 bits per heavy atom. The van der Waals surface area contributed by atoms with Crippen LogP contribution >= 0.6 is 24.0 Å². The minimum atomic E-state index is -3.20. The lowest BCUT2D eigenvalue weighted by atomic mass is 10.2. The van der Waals surface area contributed by atoms with Gasteiger partial charge in [-0.25, -0.2) is 8.42 Å². The van der Waals surface area contributed by atoms with Crippen LogP contribution in [0.25, 0.3) is 6.08 Å². The number of rotatable bonds is 7. The molecule has 29 heavy (non-hydrogen) atoms. The maximum absolute atomic E-state index is 12.5. The SMILES string of the molecule is O=C(CCCN1C(=O)/C(=C/C=C/c2ccccc2)SC1=S)N[C@@H]1C=CS(=O)(=O)C1. The minimum Gasteiger partial charge on any atom is -0.349 e. The second-order valence-corrected chi connectivity index (χ2v) is 10.2. The van der Waals surface area contributed by atoms with Crippen LogP contribution in [-0.4, -0.2) is 47.8 Å². The normalized spacial score (nSPS) is 22.1. The highest BCUT2D eigenvalue weighted by Gasteiger charge is 2.31. The van der Waals surface area contributed by atoms with Crippen molar-refractivity contribution in [2.24, 2.45) is 0 Å². The van der Waals surface area contributed by atoms with Gasteiger partial charge in [-0.15, -0.1) is 0 Å². The number of sulfone groups is 1. The fourth-order valence-corrected chi connectivity index (χ4v) is 5.36. The smallest absolute Gasteiger partial charge is 0.266 e. The third kappa shape index (κ3) is 6.12.